The molecule has 1 heterocycles. The molecule has 1 unspecified atom stereocenters. The number of aromatic nitrogens is 2. The van der Waals surface area contributed by atoms with Crippen LogP contribution in [-0.2, 0) is 11.3 Å². The molecule has 0 saturated carbocycles. The van der Waals surface area contributed by atoms with E-state index in [9.17, 15) is 0 Å². The molecule has 0 aliphatic rings. The van der Waals surface area contributed by atoms with Gasteiger partial charge in [0.2, 0.25) is 0 Å². The molecule has 2 N–H and O–H groups in total. The molecule has 1 aromatic heterocycles. The van der Waals surface area contributed by atoms with Gasteiger partial charge in [0.25, 0.3) is 0 Å². The van der Waals surface area contributed by atoms with Gasteiger partial charge in [0.1, 0.15) is 0 Å². The van der Waals surface area contributed by atoms with E-state index in [0.29, 0.717) is 0 Å². The van der Waals surface area contributed by atoms with Gasteiger partial charge in [-0.2, -0.15) is 5.10 Å². The van der Waals surface area contributed by atoms with Gasteiger partial charge in [-0.1, -0.05) is 13.3 Å². The van der Waals surface area contributed by atoms with Gasteiger partial charge in [-0.25, -0.2) is 0 Å². The van der Waals surface area contributed by atoms with E-state index in [4.69, 9.17) is 10.5 Å². The molecule has 17 heavy (non-hydrogen) atoms. The second-order valence-electron chi connectivity index (χ2n) is 4.56. The summed E-state index contributed by atoms with van der Waals surface area (Å²) in [5.74, 6) is 0. The minimum atomic E-state index is 0.0461. The Hall–Kier alpha value is -0.870. The Balaban J connectivity index is 2.52. The molecule has 1 aromatic rings. The van der Waals surface area contributed by atoms with Gasteiger partial charge in [-0.05, 0) is 27.2 Å². The summed E-state index contributed by atoms with van der Waals surface area (Å²) in [5, 5.41) is 4.51. The summed E-state index contributed by atoms with van der Waals surface area (Å²) in [7, 11) is 0. The van der Waals surface area contributed by atoms with Crippen molar-refractivity contribution in [3.63, 3.8) is 0 Å². The topological polar surface area (TPSA) is 53.1 Å². The third-order valence-corrected chi connectivity index (χ3v) is 2.98. The fourth-order valence-electron chi connectivity index (χ4n) is 2.09. The summed E-state index contributed by atoms with van der Waals surface area (Å²) in [6, 6.07) is 0.0461. The van der Waals surface area contributed by atoms with Crippen LogP contribution < -0.4 is 5.73 Å². The number of nitrogens with zero attached hydrogens (tertiary/aromatic N) is 2. The maximum absolute atomic E-state index is 5.94. The van der Waals surface area contributed by atoms with Gasteiger partial charge < -0.3 is 10.5 Å². The third-order valence-electron chi connectivity index (χ3n) is 2.98. The van der Waals surface area contributed by atoms with E-state index in [1.54, 1.807) is 0 Å². The van der Waals surface area contributed by atoms with E-state index >= 15 is 0 Å². The van der Waals surface area contributed by atoms with E-state index in [-0.39, 0.29) is 6.04 Å². The maximum Gasteiger partial charge on any atom is 0.0662 e. The van der Waals surface area contributed by atoms with Crippen molar-refractivity contribution in [2.24, 2.45) is 5.73 Å². The molecule has 1 atom stereocenters. The Morgan fingerprint density at radius 3 is 2.59 bits per heavy atom. The molecule has 1 rings (SSSR count). The first-order chi connectivity index (χ1) is 8.07. The van der Waals surface area contributed by atoms with Crippen molar-refractivity contribution < 1.29 is 4.74 Å². The Morgan fingerprint density at radius 1 is 1.35 bits per heavy atom. The summed E-state index contributed by atoms with van der Waals surface area (Å²) < 4.78 is 7.55. The summed E-state index contributed by atoms with van der Waals surface area (Å²) in [6.45, 7) is 10.6. The average Bonchev–Trinajstić information content (AvgIpc) is 2.53. The SMILES string of the molecule is CCCCOCCn1nc(C)c(C(C)N)c1C. The maximum atomic E-state index is 5.94. The molecule has 0 aliphatic heterocycles. The van der Waals surface area contributed by atoms with Crippen LogP contribution in [-0.4, -0.2) is 23.0 Å². The summed E-state index contributed by atoms with van der Waals surface area (Å²) in [4.78, 5) is 0. The Morgan fingerprint density at radius 2 is 2.06 bits per heavy atom. The van der Waals surface area contributed by atoms with Crippen LogP contribution in [0.1, 0.15) is 49.7 Å². The van der Waals surface area contributed by atoms with Crippen molar-refractivity contribution in [1.29, 1.82) is 0 Å². The number of unbranched alkanes of at least 4 members (excludes halogenated alkanes) is 1. The van der Waals surface area contributed by atoms with Gasteiger partial charge in [-0.15, -0.1) is 0 Å². The lowest BCUT2D eigenvalue weighted by atomic mass is 10.1. The zero-order chi connectivity index (χ0) is 12.8. The van der Waals surface area contributed by atoms with E-state index in [0.717, 1.165) is 37.6 Å². The van der Waals surface area contributed by atoms with Crippen LogP contribution in [0.25, 0.3) is 0 Å². The predicted molar refractivity (Wildman–Crippen MR) is 70.0 cm³/mol. The monoisotopic (exact) mass is 239 g/mol. The zero-order valence-corrected chi connectivity index (χ0v) is 11.5. The Bertz CT molecular complexity index is 345. The second-order valence-corrected chi connectivity index (χ2v) is 4.56. The normalized spacial score (nSPS) is 13.0. The molecule has 0 saturated heterocycles. The van der Waals surface area contributed by atoms with E-state index in [1.807, 2.05) is 18.5 Å². The van der Waals surface area contributed by atoms with Crippen molar-refractivity contribution >= 4 is 0 Å². The first-order valence-electron chi connectivity index (χ1n) is 6.45. The molecule has 0 bridgehead atoms. The highest BCUT2D eigenvalue weighted by atomic mass is 16.5. The zero-order valence-electron chi connectivity index (χ0n) is 11.5. The number of ether oxygens (including phenoxy) is 1. The van der Waals surface area contributed by atoms with Gasteiger partial charge in [0.05, 0.1) is 18.8 Å². The third kappa shape index (κ3) is 3.82. The molecule has 0 fully saturated rings. The highest BCUT2D eigenvalue weighted by molar-refractivity contribution is 5.27. The fourth-order valence-corrected chi connectivity index (χ4v) is 2.09. The number of rotatable bonds is 7. The fraction of sp³-hybridized carbons (Fsp3) is 0.769. The van der Waals surface area contributed by atoms with Crippen LogP contribution in [0.2, 0.25) is 0 Å². The van der Waals surface area contributed by atoms with Gasteiger partial charge in [0.15, 0.2) is 0 Å². The van der Waals surface area contributed by atoms with Crippen molar-refractivity contribution in [2.45, 2.75) is 53.1 Å². The van der Waals surface area contributed by atoms with Crippen LogP contribution >= 0.6 is 0 Å². The molecular formula is C13H25N3O. The molecule has 0 aliphatic carbocycles. The Kier molecular flexibility index (Phi) is 5.65. The number of nitrogens with two attached hydrogens (primary N) is 1. The quantitative estimate of drug-likeness (QED) is 0.743. The van der Waals surface area contributed by atoms with Gasteiger partial charge >= 0.3 is 0 Å². The highest BCUT2D eigenvalue weighted by Gasteiger charge is 2.14. The number of hydrogen-bond acceptors (Lipinski definition) is 3. The van der Waals surface area contributed by atoms with E-state index in [1.165, 1.54) is 12.0 Å². The smallest absolute Gasteiger partial charge is 0.0662 e. The Labute approximate surface area is 104 Å². The molecule has 4 heteroatoms. The van der Waals surface area contributed by atoms with Crippen molar-refractivity contribution in [2.75, 3.05) is 13.2 Å². The predicted octanol–water partition coefficient (Wildman–Crippen LogP) is 2.34. The van der Waals surface area contributed by atoms with Crippen LogP contribution in [0.5, 0.6) is 0 Å². The van der Waals surface area contributed by atoms with E-state index in [2.05, 4.69) is 18.9 Å². The molecule has 0 radical (unpaired) electrons. The molecule has 4 nitrogen and oxygen atoms in total. The van der Waals surface area contributed by atoms with Crippen LogP contribution in [0, 0.1) is 13.8 Å². The first-order valence-corrected chi connectivity index (χ1v) is 6.45. The number of aryl methyl sites for hydroxylation is 1. The van der Waals surface area contributed by atoms with Crippen molar-refractivity contribution in [3.05, 3.63) is 17.0 Å². The summed E-state index contributed by atoms with van der Waals surface area (Å²) in [5.41, 5.74) is 9.30. The lowest BCUT2D eigenvalue weighted by molar-refractivity contribution is 0.120. The molecule has 0 aromatic carbocycles. The standard InChI is InChI=1S/C13H25N3O/c1-5-6-8-17-9-7-16-12(4)13(10(2)14)11(3)15-16/h10H,5-9,14H2,1-4H3. The second kappa shape index (κ2) is 6.77. The molecule has 0 spiro atoms. The first kappa shape index (κ1) is 14.2. The summed E-state index contributed by atoms with van der Waals surface area (Å²) >= 11 is 0. The minimum Gasteiger partial charge on any atom is -0.380 e. The number of hydrogen-bond donors (Lipinski definition) is 1. The largest absolute Gasteiger partial charge is 0.380 e. The lowest BCUT2D eigenvalue weighted by Crippen LogP contribution is -2.11. The van der Waals surface area contributed by atoms with Crippen LogP contribution in [0.3, 0.4) is 0 Å². The molecule has 0 amide bonds. The van der Waals surface area contributed by atoms with Crippen molar-refractivity contribution in [1.82, 2.24) is 9.78 Å². The molecular weight excluding hydrogens is 214 g/mol. The lowest BCUT2D eigenvalue weighted by Gasteiger charge is -2.08. The highest BCUT2D eigenvalue weighted by Crippen LogP contribution is 2.19. The van der Waals surface area contributed by atoms with Crippen LogP contribution in [0.4, 0.5) is 0 Å². The molecule has 98 valence electrons. The van der Waals surface area contributed by atoms with E-state index < -0.39 is 0 Å². The van der Waals surface area contributed by atoms with Gasteiger partial charge in [-0.3, -0.25) is 4.68 Å². The average molecular weight is 239 g/mol. The van der Waals surface area contributed by atoms with Crippen LogP contribution in [0.15, 0.2) is 0 Å². The van der Waals surface area contributed by atoms with Crippen molar-refractivity contribution in [3.8, 4) is 0 Å². The minimum absolute atomic E-state index is 0.0461. The van der Waals surface area contributed by atoms with Gasteiger partial charge in [0, 0.05) is 23.9 Å². The summed E-state index contributed by atoms with van der Waals surface area (Å²) in [6.07, 6.45) is 2.30.